The Morgan fingerprint density at radius 1 is 1.21 bits per heavy atom. The van der Waals surface area contributed by atoms with Crippen LogP contribution in [0.25, 0.3) is 21.9 Å². The lowest BCUT2D eigenvalue weighted by atomic mass is 10.2. The Bertz CT molecular complexity index is 772. The highest BCUT2D eigenvalue weighted by Crippen LogP contribution is 2.22. The second-order valence-electron chi connectivity index (χ2n) is 4.25. The maximum absolute atomic E-state index is 13.2. The second-order valence-corrected chi connectivity index (χ2v) is 4.25. The van der Waals surface area contributed by atoms with Gasteiger partial charge >= 0.3 is 0 Å². The predicted molar refractivity (Wildman–Crippen MR) is 72.0 cm³/mol. The van der Waals surface area contributed by atoms with Crippen LogP contribution in [0.3, 0.4) is 0 Å². The van der Waals surface area contributed by atoms with E-state index in [9.17, 15) is 4.39 Å². The molecule has 0 saturated carbocycles. The highest BCUT2D eigenvalue weighted by molar-refractivity contribution is 5.95. The second kappa shape index (κ2) is 4.40. The molecule has 96 valence electrons. The van der Waals surface area contributed by atoms with Gasteiger partial charge in [0.2, 0.25) is 0 Å². The fourth-order valence-corrected chi connectivity index (χ4v) is 1.99. The first-order valence-corrected chi connectivity index (χ1v) is 5.84. The van der Waals surface area contributed by atoms with Gasteiger partial charge in [0.05, 0.1) is 17.4 Å². The predicted octanol–water partition coefficient (Wildman–Crippen LogP) is 1.62. The van der Waals surface area contributed by atoms with Gasteiger partial charge in [-0.1, -0.05) is 0 Å². The van der Waals surface area contributed by atoms with E-state index in [0.29, 0.717) is 34.7 Å². The summed E-state index contributed by atoms with van der Waals surface area (Å²) in [5.74, 6) is 0.626. The smallest absolute Gasteiger partial charge is 0.165 e. The average Bonchev–Trinajstić information content (AvgIpc) is 2.37. The van der Waals surface area contributed by atoms with E-state index < -0.39 is 0 Å². The Labute approximate surface area is 108 Å². The molecule has 0 unspecified atom stereocenters. The number of halogens is 1. The molecule has 0 radical (unpaired) electrons. The molecule has 0 saturated heterocycles. The number of nitrogen functional groups attached to an aromatic ring is 1. The lowest BCUT2D eigenvalue weighted by molar-refractivity contribution is 0.629. The van der Waals surface area contributed by atoms with Gasteiger partial charge in [0.15, 0.2) is 5.65 Å². The summed E-state index contributed by atoms with van der Waals surface area (Å²) in [5.41, 5.74) is 6.95. The van der Waals surface area contributed by atoms with E-state index in [0.717, 1.165) is 5.39 Å². The lowest BCUT2D eigenvalue weighted by Gasteiger charge is -2.06. The maximum atomic E-state index is 13.2. The van der Waals surface area contributed by atoms with Crippen molar-refractivity contribution < 1.29 is 4.39 Å². The maximum Gasteiger partial charge on any atom is 0.165 e. The molecule has 3 rings (SSSR count). The number of benzene rings is 1. The summed E-state index contributed by atoms with van der Waals surface area (Å²) in [6.07, 6.45) is 0. The van der Waals surface area contributed by atoms with Crippen molar-refractivity contribution in [1.82, 2.24) is 20.3 Å². The van der Waals surface area contributed by atoms with Crippen molar-refractivity contribution >= 4 is 27.8 Å². The molecular weight excluding hydrogens is 245 g/mol. The number of nitrogens with one attached hydrogen (secondary N) is 1. The SMILES string of the molecule is CNCc1nc(N)c2cc3ccc(F)cc3nc2n1. The third-order valence-corrected chi connectivity index (χ3v) is 2.85. The first kappa shape index (κ1) is 11.7. The highest BCUT2D eigenvalue weighted by atomic mass is 19.1. The van der Waals surface area contributed by atoms with Crippen molar-refractivity contribution in [2.75, 3.05) is 12.8 Å². The molecule has 3 aromatic rings. The number of fused-ring (bicyclic) bond motifs is 2. The minimum Gasteiger partial charge on any atom is -0.383 e. The number of hydrogen-bond acceptors (Lipinski definition) is 5. The third-order valence-electron chi connectivity index (χ3n) is 2.85. The zero-order chi connectivity index (χ0) is 13.4. The summed E-state index contributed by atoms with van der Waals surface area (Å²) in [6.45, 7) is 0.503. The van der Waals surface area contributed by atoms with E-state index in [-0.39, 0.29) is 5.82 Å². The first-order chi connectivity index (χ1) is 9.17. The number of hydrogen-bond donors (Lipinski definition) is 2. The summed E-state index contributed by atoms with van der Waals surface area (Å²) >= 11 is 0. The number of nitrogens with two attached hydrogens (primary N) is 1. The molecular formula is C13H12FN5. The number of anilines is 1. The van der Waals surface area contributed by atoms with Gasteiger partial charge in [-0.15, -0.1) is 0 Å². The van der Waals surface area contributed by atoms with Gasteiger partial charge in [0.25, 0.3) is 0 Å². The van der Waals surface area contributed by atoms with Crippen molar-refractivity contribution in [2.24, 2.45) is 0 Å². The minimum absolute atomic E-state index is 0.322. The van der Waals surface area contributed by atoms with E-state index in [1.807, 2.05) is 6.07 Å². The molecule has 0 amide bonds. The summed E-state index contributed by atoms with van der Waals surface area (Å²) in [7, 11) is 1.80. The Morgan fingerprint density at radius 2 is 2.05 bits per heavy atom. The van der Waals surface area contributed by atoms with Crippen LogP contribution in [0.15, 0.2) is 24.3 Å². The lowest BCUT2D eigenvalue weighted by Crippen LogP contribution is -2.11. The molecule has 2 heterocycles. The molecule has 0 atom stereocenters. The molecule has 2 aromatic heterocycles. The monoisotopic (exact) mass is 257 g/mol. The molecule has 3 N–H and O–H groups in total. The summed E-state index contributed by atoms with van der Waals surface area (Å²) in [4.78, 5) is 12.9. The molecule has 6 heteroatoms. The van der Waals surface area contributed by atoms with Gasteiger partial charge in [-0.25, -0.2) is 19.3 Å². The first-order valence-electron chi connectivity index (χ1n) is 5.84. The Balaban J connectivity index is 2.31. The Morgan fingerprint density at radius 3 is 2.84 bits per heavy atom. The van der Waals surface area contributed by atoms with E-state index in [1.165, 1.54) is 12.1 Å². The van der Waals surface area contributed by atoms with Crippen LogP contribution in [0.5, 0.6) is 0 Å². The van der Waals surface area contributed by atoms with E-state index in [4.69, 9.17) is 5.73 Å². The number of nitrogens with zero attached hydrogens (tertiary/aromatic N) is 3. The van der Waals surface area contributed by atoms with Crippen LogP contribution >= 0.6 is 0 Å². The average molecular weight is 257 g/mol. The molecule has 0 aliphatic heterocycles. The van der Waals surface area contributed by atoms with Gasteiger partial charge in [-0.05, 0) is 25.2 Å². The fraction of sp³-hybridized carbons (Fsp3) is 0.154. The van der Waals surface area contributed by atoms with Gasteiger partial charge in [0, 0.05) is 11.5 Å². The number of aromatic nitrogens is 3. The van der Waals surface area contributed by atoms with Crippen LogP contribution in [0.4, 0.5) is 10.2 Å². The molecule has 5 nitrogen and oxygen atoms in total. The fourth-order valence-electron chi connectivity index (χ4n) is 1.99. The van der Waals surface area contributed by atoms with Crippen molar-refractivity contribution in [1.29, 1.82) is 0 Å². The van der Waals surface area contributed by atoms with Crippen molar-refractivity contribution in [3.8, 4) is 0 Å². The van der Waals surface area contributed by atoms with Gasteiger partial charge in [-0.3, -0.25) is 0 Å². The third kappa shape index (κ3) is 2.06. The highest BCUT2D eigenvalue weighted by Gasteiger charge is 2.08. The molecule has 0 aliphatic rings. The Kier molecular flexibility index (Phi) is 2.72. The standard InChI is InChI=1S/C13H12FN5/c1-16-6-11-18-12(15)9-4-7-2-3-8(14)5-10(7)17-13(9)19-11/h2-5,16H,6H2,1H3,(H2,15,17,18,19). The van der Waals surface area contributed by atoms with Crippen LogP contribution in [0.1, 0.15) is 5.82 Å². The number of pyridine rings is 1. The van der Waals surface area contributed by atoms with Crippen LogP contribution in [-0.2, 0) is 6.54 Å². The normalized spacial score (nSPS) is 11.3. The van der Waals surface area contributed by atoms with Crippen LogP contribution in [0, 0.1) is 5.82 Å². The van der Waals surface area contributed by atoms with E-state index in [1.54, 1.807) is 13.1 Å². The van der Waals surface area contributed by atoms with Gasteiger partial charge in [0.1, 0.15) is 17.5 Å². The molecule has 0 bridgehead atoms. The molecule has 19 heavy (non-hydrogen) atoms. The minimum atomic E-state index is -0.322. The van der Waals surface area contributed by atoms with Gasteiger partial charge < -0.3 is 11.1 Å². The van der Waals surface area contributed by atoms with Gasteiger partial charge in [-0.2, -0.15) is 0 Å². The largest absolute Gasteiger partial charge is 0.383 e. The van der Waals surface area contributed by atoms with Crippen molar-refractivity contribution in [2.45, 2.75) is 6.54 Å². The summed E-state index contributed by atoms with van der Waals surface area (Å²) in [6, 6.07) is 6.26. The van der Waals surface area contributed by atoms with Crippen molar-refractivity contribution in [3.05, 3.63) is 35.9 Å². The topological polar surface area (TPSA) is 76.7 Å². The Hall–Kier alpha value is -2.34. The quantitative estimate of drug-likeness (QED) is 0.682. The van der Waals surface area contributed by atoms with Crippen molar-refractivity contribution in [3.63, 3.8) is 0 Å². The zero-order valence-electron chi connectivity index (χ0n) is 10.3. The van der Waals surface area contributed by atoms with Crippen LogP contribution in [-0.4, -0.2) is 22.0 Å². The molecule has 0 fully saturated rings. The summed E-state index contributed by atoms with van der Waals surface area (Å²) in [5, 5.41) is 4.44. The van der Waals surface area contributed by atoms with Crippen LogP contribution < -0.4 is 11.1 Å². The van der Waals surface area contributed by atoms with E-state index in [2.05, 4.69) is 20.3 Å². The molecule has 0 aliphatic carbocycles. The van der Waals surface area contributed by atoms with E-state index >= 15 is 0 Å². The van der Waals surface area contributed by atoms with Crippen LogP contribution in [0.2, 0.25) is 0 Å². The molecule has 0 spiro atoms. The zero-order valence-corrected chi connectivity index (χ0v) is 10.3. The summed E-state index contributed by atoms with van der Waals surface area (Å²) < 4.78 is 13.2. The molecule has 1 aromatic carbocycles. The number of rotatable bonds is 2.